The molecule has 26 heavy (non-hydrogen) atoms. The second-order valence-electron chi connectivity index (χ2n) is 5.93. The van der Waals surface area contributed by atoms with Crippen molar-refractivity contribution in [1.29, 1.82) is 0 Å². The van der Waals surface area contributed by atoms with Gasteiger partial charge in [0.25, 0.3) is 0 Å². The zero-order chi connectivity index (χ0) is 19.2. The highest BCUT2D eigenvalue weighted by molar-refractivity contribution is 5.84. The number of benzene rings is 1. The lowest BCUT2D eigenvalue weighted by Crippen LogP contribution is -2.41. The Bertz CT molecular complexity index is 611. The molecule has 1 saturated heterocycles. The molecule has 1 fully saturated rings. The molecule has 0 radical (unpaired) electrons. The fourth-order valence-corrected chi connectivity index (χ4v) is 2.63. The zero-order valence-corrected chi connectivity index (χ0v) is 14.3. The van der Waals surface area contributed by atoms with Crippen LogP contribution in [0.1, 0.15) is 32.6 Å². The summed E-state index contributed by atoms with van der Waals surface area (Å²) >= 11 is 0. The lowest BCUT2D eigenvalue weighted by molar-refractivity contribution is -0.274. The molecule has 0 unspecified atom stereocenters. The average Bonchev–Trinajstić information content (AvgIpc) is 2.56. The van der Waals surface area contributed by atoms with Gasteiger partial charge in [0, 0.05) is 38.0 Å². The van der Waals surface area contributed by atoms with Crippen molar-refractivity contribution in [2.24, 2.45) is 0 Å². The number of hydrogen-bond acceptors (Lipinski definition) is 4. The van der Waals surface area contributed by atoms with Crippen LogP contribution in [0.5, 0.6) is 5.75 Å². The number of anilines is 1. The van der Waals surface area contributed by atoms with E-state index in [1.54, 1.807) is 4.90 Å². The summed E-state index contributed by atoms with van der Waals surface area (Å²) < 4.78 is 45.3. The quantitative estimate of drug-likeness (QED) is 0.848. The lowest BCUT2D eigenvalue weighted by Gasteiger charge is -2.31. The molecule has 0 aliphatic carbocycles. The van der Waals surface area contributed by atoms with Crippen molar-refractivity contribution in [3.05, 3.63) is 24.3 Å². The fourth-order valence-electron chi connectivity index (χ4n) is 2.63. The number of piperidine rings is 1. The second kappa shape index (κ2) is 8.77. The van der Waals surface area contributed by atoms with Crippen LogP contribution in [-0.4, -0.2) is 42.5 Å². The van der Waals surface area contributed by atoms with Gasteiger partial charge in [0.2, 0.25) is 5.91 Å². The number of halogens is 3. The Hall–Kier alpha value is -2.45. The molecule has 1 aromatic carbocycles. The number of likely N-dealkylation sites (tertiary alicyclic amines) is 1. The monoisotopic (exact) mass is 374 g/mol. The van der Waals surface area contributed by atoms with E-state index in [2.05, 4.69) is 10.1 Å². The Balaban J connectivity index is 1.76. The molecular formula is C17H21F3N2O4. The van der Waals surface area contributed by atoms with Gasteiger partial charge < -0.3 is 14.4 Å². The van der Waals surface area contributed by atoms with Gasteiger partial charge >= 0.3 is 12.5 Å². The SMILES string of the molecule is CCCC(=O)N1CCC(OC(=O)Nc2ccc(OC(F)(F)F)cc2)CC1. The van der Waals surface area contributed by atoms with Crippen LogP contribution in [0.2, 0.25) is 0 Å². The summed E-state index contributed by atoms with van der Waals surface area (Å²) in [5, 5.41) is 2.46. The maximum absolute atomic E-state index is 12.1. The van der Waals surface area contributed by atoms with E-state index in [-0.39, 0.29) is 17.8 Å². The van der Waals surface area contributed by atoms with E-state index in [1.807, 2.05) is 6.92 Å². The van der Waals surface area contributed by atoms with Crippen LogP contribution < -0.4 is 10.1 Å². The van der Waals surface area contributed by atoms with Crippen molar-refractivity contribution in [2.45, 2.75) is 45.1 Å². The largest absolute Gasteiger partial charge is 0.573 e. The van der Waals surface area contributed by atoms with Gasteiger partial charge in [-0.25, -0.2) is 4.79 Å². The number of rotatable bonds is 5. The predicted molar refractivity (Wildman–Crippen MR) is 87.7 cm³/mol. The number of ether oxygens (including phenoxy) is 2. The van der Waals surface area contributed by atoms with E-state index >= 15 is 0 Å². The first-order valence-electron chi connectivity index (χ1n) is 8.38. The van der Waals surface area contributed by atoms with Gasteiger partial charge in [0.05, 0.1) is 0 Å². The van der Waals surface area contributed by atoms with Gasteiger partial charge in [0.1, 0.15) is 11.9 Å². The van der Waals surface area contributed by atoms with E-state index in [0.29, 0.717) is 38.0 Å². The van der Waals surface area contributed by atoms with Crippen LogP contribution in [0.4, 0.5) is 23.7 Å². The molecule has 0 aromatic heterocycles. The number of carbonyl (C=O) groups is 2. The van der Waals surface area contributed by atoms with Crippen molar-refractivity contribution < 1.29 is 32.2 Å². The highest BCUT2D eigenvalue weighted by atomic mass is 19.4. The number of hydrogen-bond donors (Lipinski definition) is 1. The first kappa shape index (κ1) is 19.9. The molecule has 0 saturated carbocycles. The van der Waals surface area contributed by atoms with Gasteiger partial charge in [-0.15, -0.1) is 13.2 Å². The highest BCUT2D eigenvalue weighted by Crippen LogP contribution is 2.24. The smallest absolute Gasteiger partial charge is 0.446 e. The minimum absolute atomic E-state index is 0.108. The minimum atomic E-state index is -4.76. The first-order chi connectivity index (χ1) is 12.3. The van der Waals surface area contributed by atoms with Crippen molar-refractivity contribution in [1.82, 2.24) is 4.90 Å². The summed E-state index contributed by atoms with van der Waals surface area (Å²) in [6, 6.07) is 4.77. The third-order valence-electron chi connectivity index (χ3n) is 3.87. The van der Waals surface area contributed by atoms with Crippen LogP contribution in [0, 0.1) is 0 Å². The Morgan fingerprint density at radius 1 is 1.19 bits per heavy atom. The van der Waals surface area contributed by atoms with Gasteiger partial charge in [0.15, 0.2) is 0 Å². The summed E-state index contributed by atoms with van der Waals surface area (Å²) in [6.45, 7) is 3.03. The number of carbonyl (C=O) groups excluding carboxylic acids is 2. The average molecular weight is 374 g/mol. The maximum Gasteiger partial charge on any atom is 0.573 e. The summed E-state index contributed by atoms with van der Waals surface area (Å²) in [5.74, 6) is -0.267. The predicted octanol–water partition coefficient (Wildman–Crippen LogP) is 3.92. The Labute approximate surface area is 149 Å². The molecule has 144 valence electrons. The maximum atomic E-state index is 12.1. The number of nitrogens with one attached hydrogen (secondary N) is 1. The number of amides is 2. The zero-order valence-electron chi connectivity index (χ0n) is 14.3. The molecule has 0 bridgehead atoms. The molecule has 2 rings (SSSR count). The standard InChI is InChI=1S/C17H21F3N2O4/c1-2-3-15(23)22-10-8-13(9-11-22)25-16(24)21-12-4-6-14(7-5-12)26-17(18,19)20/h4-7,13H,2-3,8-11H2,1H3,(H,21,24). The summed E-state index contributed by atoms with van der Waals surface area (Å²) in [6.07, 6.45) is -3.32. The van der Waals surface area contributed by atoms with Gasteiger partial charge in [-0.1, -0.05) is 6.92 Å². The molecule has 0 atom stereocenters. The molecule has 6 nitrogen and oxygen atoms in total. The fraction of sp³-hybridized carbons (Fsp3) is 0.529. The van der Waals surface area contributed by atoms with Crippen molar-refractivity contribution in [3.63, 3.8) is 0 Å². The molecule has 1 heterocycles. The number of nitrogens with zero attached hydrogens (tertiary/aromatic N) is 1. The van der Waals surface area contributed by atoms with E-state index in [4.69, 9.17) is 4.74 Å². The highest BCUT2D eigenvalue weighted by Gasteiger charge is 2.31. The summed E-state index contributed by atoms with van der Waals surface area (Å²) in [5.41, 5.74) is 0.292. The molecule has 1 aliphatic heterocycles. The van der Waals surface area contributed by atoms with Gasteiger partial charge in [-0.05, 0) is 30.7 Å². The van der Waals surface area contributed by atoms with E-state index in [0.717, 1.165) is 18.6 Å². The van der Waals surface area contributed by atoms with Crippen LogP contribution in [0.25, 0.3) is 0 Å². The second-order valence-corrected chi connectivity index (χ2v) is 5.93. The van der Waals surface area contributed by atoms with Crippen molar-refractivity contribution >= 4 is 17.7 Å². The van der Waals surface area contributed by atoms with Gasteiger partial charge in [-0.3, -0.25) is 10.1 Å². The molecule has 2 amide bonds. The molecule has 0 spiro atoms. The van der Waals surface area contributed by atoms with E-state index in [1.165, 1.54) is 12.1 Å². The molecule has 9 heteroatoms. The Morgan fingerprint density at radius 2 is 1.81 bits per heavy atom. The third kappa shape index (κ3) is 6.45. The Kier molecular flexibility index (Phi) is 6.70. The van der Waals surface area contributed by atoms with Gasteiger partial charge in [-0.2, -0.15) is 0 Å². The van der Waals surface area contributed by atoms with Crippen LogP contribution in [-0.2, 0) is 9.53 Å². The normalized spacial score (nSPS) is 15.5. The van der Waals surface area contributed by atoms with E-state index < -0.39 is 12.5 Å². The lowest BCUT2D eigenvalue weighted by atomic mass is 10.1. The van der Waals surface area contributed by atoms with Crippen LogP contribution in [0.3, 0.4) is 0 Å². The molecule has 1 aromatic rings. The third-order valence-corrected chi connectivity index (χ3v) is 3.87. The van der Waals surface area contributed by atoms with Crippen molar-refractivity contribution in [3.8, 4) is 5.75 Å². The molecular weight excluding hydrogens is 353 g/mol. The van der Waals surface area contributed by atoms with Crippen molar-refractivity contribution in [2.75, 3.05) is 18.4 Å². The van der Waals surface area contributed by atoms with E-state index in [9.17, 15) is 22.8 Å². The number of alkyl halides is 3. The minimum Gasteiger partial charge on any atom is -0.446 e. The summed E-state index contributed by atoms with van der Waals surface area (Å²) in [7, 11) is 0. The molecule has 1 N–H and O–H groups in total. The molecule has 1 aliphatic rings. The first-order valence-corrected chi connectivity index (χ1v) is 8.38. The summed E-state index contributed by atoms with van der Waals surface area (Å²) in [4.78, 5) is 25.5. The van der Waals surface area contributed by atoms with Crippen LogP contribution >= 0.6 is 0 Å². The Morgan fingerprint density at radius 3 is 2.35 bits per heavy atom. The van der Waals surface area contributed by atoms with Crippen LogP contribution in [0.15, 0.2) is 24.3 Å². The topological polar surface area (TPSA) is 67.9 Å².